The van der Waals surface area contributed by atoms with Crippen LogP contribution in [0.5, 0.6) is 5.88 Å². The largest absolute Gasteiger partial charge is 0.407 e. The van der Waals surface area contributed by atoms with Crippen molar-refractivity contribution in [3.8, 4) is 5.88 Å². The minimum absolute atomic E-state index is 0.0810. The normalized spacial score (nSPS) is 9.57. The maximum absolute atomic E-state index is 10.7. The Morgan fingerprint density at radius 2 is 2.43 bits per heavy atom. The third kappa shape index (κ3) is 2.23. The van der Waals surface area contributed by atoms with Crippen molar-refractivity contribution in [1.82, 2.24) is 4.98 Å². The molecule has 0 radical (unpaired) electrons. The van der Waals surface area contributed by atoms with Gasteiger partial charge in [0.25, 0.3) is 0 Å². The molecule has 0 saturated heterocycles. The molecule has 0 aromatic carbocycles. The van der Waals surface area contributed by atoms with Crippen molar-refractivity contribution < 1.29 is 9.53 Å². The van der Waals surface area contributed by atoms with Crippen molar-refractivity contribution in [3.05, 3.63) is 23.4 Å². The number of hydrogen-bond acceptors (Lipinski definition) is 4. The molecule has 0 aliphatic carbocycles. The van der Waals surface area contributed by atoms with E-state index in [4.69, 9.17) is 22.1 Å². The van der Waals surface area contributed by atoms with E-state index in [9.17, 15) is 4.79 Å². The number of carbonyl (C=O) groups excluding carboxylic acids is 1. The minimum Gasteiger partial charge on any atom is -0.407 e. The highest BCUT2D eigenvalue weighted by Crippen LogP contribution is 2.26. The van der Waals surface area contributed by atoms with Gasteiger partial charge in [-0.1, -0.05) is 24.3 Å². The van der Waals surface area contributed by atoms with Crippen LogP contribution in [0, 0.1) is 0 Å². The van der Waals surface area contributed by atoms with Crippen molar-refractivity contribution in [3.63, 3.8) is 0 Å². The summed E-state index contributed by atoms with van der Waals surface area (Å²) in [6, 6.07) is 1.46. The lowest BCUT2D eigenvalue weighted by Gasteiger charge is -2.07. The van der Waals surface area contributed by atoms with Crippen LogP contribution in [0.2, 0.25) is 5.15 Å². The molecule has 14 heavy (non-hydrogen) atoms. The van der Waals surface area contributed by atoms with E-state index in [1.54, 1.807) is 0 Å². The number of carbonyl (C=O) groups is 1. The molecule has 4 nitrogen and oxygen atoms in total. The first-order valence-corrected chi connectivity index (χ1v) is 4.19. The Labute approximate surface area is 86.3 Å². The summed E-state index contributed by atoms with van der Waals surface area (Å²) in [5.41, 5.74) is 6.46. The Morgan fingerprint density at radius 1 is 1.79 bits per heavy atom. The van der Waals surface area contributed by atoms with Crippen molar-refractivity contribution in [2.45, 2.75) is 6.92 Å². The highest BCUT2D eigenvalue weighted by molar-refractivity contribution is 6.29. The predicted molar refractivity (Wildman–Crippen MR) is 55.1 cm³/mol. The summed E-state index contributed by atoms with van der Waals surface area (Å²) in [7, 11) is 0. The van der Waals surface area contributed by atoms with Crippen LogP contribution in [0.4, 0.5) is 5.69 Å². The summed E-state index contributed by atoms with van der Waals surface area (Å²) in [6.07, 6.45) is 1.46. The Balaban J connectivity index is 3.24. The first kappa shape index (κ1) is 10.5. The number of rotatable bonds is 2. The van der Waals surface area contributed by atoms with Gasteiger partial charge in [0.05, 0.1) is 5.56 Å². The third-order valence-corrected chi connectivity index (χ3v) is 1.66. The van der Waals surface area contributed by atoms with Crippen LogP contribution in [0.3, 0.4) is 0 Å². The average Bonchev–Trinajstić information content (AvgIpc) is 2.01. The van der Waals surface area contributed by atoms with E-state index in [-0.39, 0.29) is 11.0 Å². The Kier molecular flexibility index (Phi) is 3.09. The van der Waals surface area contributed by atoms with E-state index < -0.39 is 5.97 Å². The van der Waals surface area contributed by atoms with Gasteiger partial charge in [0.1, 0.15) is 5.15 Å². The molecule has 1 rings (SSSR count). The van der Waals surface area contributed by atoms with Gasteiger partial charge in [-0.25, -0.2) is 4.98 Å². The highest BCUT2D eigenvalue weighted by atomic mass is 35.5. The molecule has 0 bridgehead atoms. The number of nitrogens with zero attached hydrogens (tertiary/aromatic N) is 1. The SMILES string of the molecule is C=Cc1c(N)cc(Cl)nc1OC(C)=O. The van der Waals surface area contributed by atoms with Crippen molar-refractivity contribution in [1.29, 1.82) is 0 Å². The number of nitrogen functional groups attached to an aromatic ring is 1. The molecular formula is C9H9ClN2O2. The maximum atomic E-state index is 10.7. The van der Waals surface area contributed by atoms with Gasteiger partial charge in [-0.15, -0.1) is 0 Å². The number of esters is 1. The molecule has 0 aliphatic rings. The number of pyridine rings is 1. The molecule has 0 unspecified atom stereocenters. The van der Waals surface area contributed by atoms with Crippen LogP contribution in [0.25, 0.3) is 6.08 Å². The number of halogens is 1. The van der Waals surface area contributed by atoms with E-state index >= 15 is 0 Å². The van der Waals surface area contributed by atoms with Gasteiger partial charge in [0, 0.05) is 12.6 Å². The molecule has 0 saturated carbocycles. The molecule has 2 N–H and O–H groups in total. The zero-order chi connectivity index (χ0) is 10.7. The number of nitrogens with two attached hydrogens (primary N) is 1. The molecule has 0 spiro atoms. The van der Waals surface area contributed by atoms with Crippen LogP contribution in [-0.2, 0) is 4.79 Å². The van der Waals surface area contributed by atoms with E-state index in [1.165, 1.54) is 19.1 Å². The highest BCUT2D eigenvalue weighted by Gasteiger charge is 2.10. The van der Waals surface area contributed by atoms with E-state index in [2.05, 4.69) is 11.6 Å². The van der Waals surface area contributed by atoms with Crippen molar-refractivity contribution in [2.75, 3.05) is 5.73 Å². The molecular weight excluding hydrogens is 204 g/mol. The lowest BCUT2D eigenvalue weighted by atomic mass is 10.2. The van der Waals surface area contributed by atoms with E-state index in [1.807, 2.05) is 0 Å². The van der Waals surface area contributed by atoms with E-state index in [0.29, 0.717) is 11.3 Å². The molecule has 5 heteroatoms. The second kappa shape index (κ2) is 4.11. The van der Waals surface area contributed by atoms with Gasteiger partial charge in [-0.05, 0) is 6.07 Å². The molecule has 0 amide bonds. The molecule has 74 valence electrons. The van der Waals surface area contributed by atoms with Crippen molar-refractivity contribution in [2.24, 2.45) is 0 Å². The monoisotopic (exact) mass is 212 g/mol. The minimum atomic E-state index is -0.484. The van der Waals surface area contributed by atoms with E-state index in [0.717, 1.165) is 0 Å². The first-order chi connectivity index (χ1) is 6.54. The van der Waals surface area contributed by atoms with Crippen molar-refractivity contribution >= 4 is 29.3 Å². The van der Waals surface area contributed by atoms with Crippen LogP contribution >= 0.6 is 11.6 Å². The van der Waals surface area contributed by atoms with Crippen LogP contribution < -0.4 is 10.5 Å². The number of ether oxygens (including phenoxy) is 1. The third-order valence-electron chi connectivity index (χ3n) is 1.47. The Bertz CT molecular complexity index is 391. The number of anilines is 1. The Morgan fingerprint density at radius 3 is 2.93 bits per heavy atom. The quantitative estimate of drug-likeness (QED) is 0.601. The van der Waals surface area contributed by atoms with Crippen LogP contribution in [0.15, 0.2) is 12.6 Å². The fourth-order valence-corrected chi connectivity index (χ4v) is 1.13. The smallest absolute Gasteiger partial charge is 0.309 e. The van der Waals surface area contributed by atoms with Crippen LogP contribution in [0.1, 0.15) is 12.5 Å². The second-order valence-electron chi connectivity index (χ2n) is 2.55. The molecule has 1 heterocycles. The standard InChI is InChI=1S/C9H9ClN2O2/c1-3-6-7(11)4-8(10)12-9(6)14-5(2)13/h3-4H,1H2,2H3,(H2,11,12). The predicted octanol–water partition coefficient (Wildman–Crippen LogP) is 1.89. The summed E-state index contributed by atoms with van der Waals surface area (Å²) >= 11 is 5.65. The molecule has 1 aromatic heterocycles. The fourth-order valence-electron chi connectivity index (χ4n) is 0.938. The summed E-state index contributed by atoms with van der Waals surface area (Å²) in [6.45, 7) is 4.80. The first-order valence-electron chi connectivity index (χ1n) is 3.81. The summed E-state index contributed by atoms with van der Waals surface area (Å²) in [4.78, 5) is 14.5. The molecule has 0 atom stereocenters. The zero-order valence-electron chi connectivity index (χ0n) is 7.58. The average molecular weight is 213 g/mol. The van der Waals surface area contributed by atoms with Crippen LogP contribution in [-0.4, -0.2) is 11.0 Å². The topological polar surface area (TPSA) is 65.2 Å². The zero-order valence-corrected chi connectivity index (χ0v) is 8.34. The molecule has 0 aliphatic heterocycles. The fraction of sp³-hybridized carbons (Fsp3) is 0.111. The van der Waals surface area contributed by atoms with Gasteiger partial charge in [-0.2, -0.15) is 0 Å². The lowest BCUT2D eigenvalue weighted by Crippen LogP contribution is -2.06. The van der Waals surface area contributed by atoms with Gasteiger partial charge >= 0.3 is 5.97 Å². The lowest BCUT2D eigenvalue weighted by molar-refractivity contribution is -0.132. The maximum Gasteiger partial charge on any atom is 0.309 e. The second-order valence-corrected chi connectivity index (χ2v) is 2.94. The molecule has 1 aromatic rings. The molecule has 0 fully saturated rings. The summed E-state index contributed by atoms with van der Waals surface area (Å²) in [5, 5.41) is 0.171. The van der Waals surface area contributed by atoms with Gasteiger partial charge in [0.15, 0.2) is 0 Å². The number of hydrogen-bond donors (Lipinski definition) is 1. The number of aromatic nitrogens is 1. The Hall–Kier alpha value is -1.55. The van der Waals surface area contributed by atoms with Gasteiger partial charge in [-0.3, -0.25) is 4.79 Å². The summed E-state index contributed by atoms with van der Waals surface area (Å²) < 4.78 is 4.81. The van der Waals surface area contributed by atoms with Gasteiger partial charge < -0.3 is 10.5 Å². The summed E-state index contributed by atoms with van der Waals surface area (Å²) in [5.74, 6) is -0.403. The van der Waals surface area contributed by atoms with Gasteiger partial charge in [0.2, 0.25) is 5.88 Å².